The minimum absolute atomic E-state index is 0.0823. The van der Waals surface area contributed by atoms with E-state index in [4.69, 9.17) is 5.11 Å². The van der Waals surface area contributed by atoms with Crippen molar-refractivity contribution in [3.8, 4) is 0 Å². The first kappa shape index (κ1) is 14.8. The zero-order valence-corrected chi connectivity index (χ0v) is 12.4. The summed E-state index contributed by atoms with van der Waals surface area (Å²) in [6.45, 7) is 5.64. The Morgan fingerprint density at radius 3 is 2.45 bits per heavy atom. The number of rotatable bonds is 3. The van der Waals surface area contributed by atoms with Crippen molar-refractivity contribution in [2.75, 3.05) is 0 Å². The molecule has 0 spiro atoms. The summed E-state index contributed by atoms with van der Waals surface area (Å²) in [6.07, 6.45) is 5.22. The van der Waals surface area contributed by atoms with Crippen LogP contribution in [0.3, 0.4) is 0 Å². The molecule has 0 saturated heterocycles. The van der Waals surface area contributed by atoms with Crippen molar-refractivity contribution in [1.29, 1.82) is 0 Å². The van der Waals surface area contributed by atoms with Crippen LogP contribution in [0.1, 0.15) is 56.0 Å². The third-order valence-electron chi connectivity index (χ3n) is 4.46. The predicted octanol–water partition coefficient (Wildman–Crippen LogP) is 2.17. The topological polar surface area (TPSA) is 72.2 Å². The monoisotopic (exact) mass is 278 g/mol. The fraction of sp³-hybridized carbons (Fsp3) is 0.667. The minimum Gasteiger partial charge on any atom is -0.481 e. The number of aliphatic carboxylic acids is 1. The molecule has 0 radical (unpaired) electrons. The SMILES string of the molecule is Cc1nc(=O)n(C2(C)CCCCC2)c(C)c1CC(=O)O. The Bertz CT molecular complexity index is 584. The van der Waals surface area contributed by atoms with E-state index in [1.165, 1.54) is 6.42 Å². The first-order valence-corrected chi connectivity index (χ1v) is 7.16. The number of nitrogens with zero attached hydrogens (tertiary/aromatic N) is 2. The Balaban J connectivity index is 2.58. The lowest BCUT2D eigenvalue weighted by molar-refractivity contribution is -0.136. The fourth-order valence-electron chi connectivity index (χ4n) is 3.38. The summed E-state index contributed by atoms with van der Waals surface area (Å²) in [6, 6.07) is 0. The predicted molar refractivity (Wildman–Crippen MR) is 76.0 cm³/mol. The lowest BCUT2D eigenvalue weighted by atomic mass is 9.82. The highest BCUT2D eigenvalue weighted by atomic mass is 16.4. The molecule has 0 aliphatic heterocycles. The Morgan fingerprint density at radius 2 is 1.90 bits per heavy atom. The van der Waals surface area contributed by atoms with E-state index in [2.05, 4.69) is 11.9 Å². The molecule has 1 aliphatic carbocycles. The van der Waals surface area contributed by atoms with Gasteiger partial charge in [-0.05, 0) is 33.6 Å². The molecule has 1 N–H and O–H groups in total. The normalized spacial score (nSPS) is 17.9. The van der Waals surface area contributed by atoms with Crippen molar-refractivity contribution in [2.45, 2.75) is 64.8 Å². The largest absolute Gasteiger partial charge is 0.481 e. The molecule has 0 amide bonds. The van der Waals surface area contributed by atoms with Crippen LogP contribution in [0.2, 0.25) is 0 Å². The van der Waals surface area contributed by atoms with E-state index in [0.29, 0.717) is 11.3 Å². The lowest BCUT2D eigenvalue weighted by Crippen LogP contribution is -2.43. The number of carboxylic acids is 1. The van der Waals surface area contributed by atoms with Gasteiger partial charge in [0.15, 0.2) is 0 Å². The first-order chi connectivity index (χ1) is 9.35. The number of aryl methyl sites for hydroxylation is 1. The smallest absolute Gasteiger partial charge is 0.348 e. The van der Waals surface area contributed by atoms with Gasteiger partial charge in [-0.15, -0.1) is 0 Å². The van der Waals surface area contributed by atoms with Crippen LogP contribution in [0.25, 0.3) is 0 Å². The van der Waals surface area contributed by atoms with E-state index in [-0.39, 0.29) is 17.6 Å². The fourth-order valence-corrected chi connectivity index (χ4v) is 3.38. The molecule has 2 rings (SSSR count). The van der Waals surface area contributed by atoms with Crippen LogP contribution in [-0.2, 0) is 16.8 Å². The zero-order valence-electron chi connectivity index (χ0n) is 12.4. The summed E-state index contributed by atoms with van der Waals surface area (Å²) in [4.78, 5) is 27.4. The quantitative estimate of drug-likeness (QED) is 0.919. The average Bonchev–Trinajstić information content (AvgIpc) is 2.34. The van der Waals surface area contributed by atoms with Crippen molar-refractivity contribution < 1.29 is 9.90 Å². The molecule has 1 heterocycles. The van der Waals surface area contributed by atoms with Crippen molar-refractivity contribution in [3.05, 3.63) is 27.4 Å². The Morgan fingerprint density at radius 1 is 1.30 bits per heavy atom. The van der Waals surface area contributed by atoms with Gasteiger partial charge in [0.25, 0.3) is 0 Å². The third-order valence-corrected chi connectivity index (χ3v) is 4.46. The van der Waals surface area contributed by atoms with Gasteiger partial charge in [0.1, 0.15) is 0 Å². The van der Waals surface area contributed by atoms with E-state index in [1.54, 1.807) is 11.5 Å². The number of hydrogen-bond acceptors (Lipinski definition) is 3. The summed E-state index contributed by atoms with van der Waals surface area (Å²) in [7, 11) is 0. The van der Waals surface area contributed by atoms with Gasteiger partial charge >= 0.3 is 11.7 Å². The summed E-state index contributed by atoms with van der Waals surface area (Å²) in [5, 5.41) is 9.04. The van der Waals surface area contributed by atoms with Crippen LogP contribution in [-0.4, -0.2) is 20.6 Å². The molecule has 1 aromatic heterocycles. The highest BCUT2D eigenvalue weighted by Gasteiger charge is 2.32. The maximum Gasteiger partial charge on any atom is 0.348 e. The van der Waals surface area contributed by atoms with Crippen LogP contribution < -0.4 is 5.69 Å². The van der Waals surface area contributed by atoms with Gasteiger partial charge in [-0.1, -0.05) is 19.3 Å². The van der Waals surface area contributed by atoms with Crippen molar-refractivity contribution >= 4 is 5.97 Å². The molecular formula is C15H22N2O3. The van der Waals surface area contributed by atoms with Gasteiger partial charge in [0, 0.05) is 22.5 Å². The maximum absolute atomic E-state index is 12.3. The molecule has 20 heavy (non-hydrogen) atoms. The molecule has 0 aromatic carbocycles. The Kier molecular flexibility index (Phi) is 3.97. The standard InChI is InChI=1S/C15H22N2O3/c1-10-12(9-13(18)19)11(2)17(14(20)16-10)15(3)7-5-4-6-8-15/h4-9H2,1-3H3,(H,18,19). The molecule has 5 nitrogen and oxygen atoms in total. The summed E-state index contributed by atoms with van der Waals surface area (Å²) < 4.78 is 1.73. The van der Waals surface area contributed by atoms with Gasteiger partial charge in [-0.2, -0.15) is 4.98 Å². The Labute approximate surface area is 118 Å². The molecule has 1 fully saturated rings. The second kappa shape index (κ2) is 5.38. The van der Waals surface area contributed by atoms with Gasteiger partial charge in [0.2, 0.25) is 0 Å². The summed E-state index contributed by atoms with van der Waals surface area (Å²) in [5.41, 5.74) is 1.48. The lowest BCUT2D eigenvalue weighted by Gasteiger charge is -2.37. The van der Waals surface area contributed by atoms with E-state index >= 15 is 0 Å². The second-order valence-electron chi connectivity index (χ2n) is 6.01. The third kappa shape index (κ3) is 2.62. The summed E-state index contributed by atoms with van der Waals surface area (Å²) >= 11 is 0. The molecule has 0 atom stereocenters. The van der Waals surface area contributed by atoms with Crippen LogP contribution in [0.15, 0.2) is 4.79 Å². The van der Waals surface area contributed by atoms with Crippen molar-refractivity contribution in [2.24, 2.45) is 0 Å². The van der Waals surface area contributed by atoms with Crippen molar-refractivity contribution in [3.63, 3.8) is 0 Å². The van der Waals surface area contributed by atoms with Gasteiger partial charge < -0.3 is 5.11 Å². The number of aromatic nitrogens is 2. The van der Waals surface area contributed by atoms with E-state index in [0.717, 1.165) is 31.4 Å². The van der Waals surface area contributed by atoms with Crippen LogP contribution in [0.5, 0.6) is 0 Å². The highest BCUT2D eigenvalue weighted by Crippen LogP contribution is 2.34. The molecule has 5 heteroatoms. The summed E-state index contributed by atoms with van der Waals surface area (Å²) in [5.74, 6) is -0.892. The highest BCUT2D eigenvalue weighted by molar-refractivity contribution is 5.70. The van der Waals surface area contributed by atoms with Gasteiger partial charge in [-0.3, -0.25) is 9.36 Å². The minimum atomic E-state index is -0.892. The average molecular weight is 278 g/mol. The van der Waals surface area contributed by atoms with E-state index < -0.39 is 5.97 Å². The molecule has 1 aromatic rings. The maximum atomic E-state index is 12.3. The van der Waals surface area contributed by atoms with E-state index in [9.17, 15) is 9.59 Å². The molecular weight excluding hydrogens is 256 g/mol. The molecule has 0 unspecified atom stereocenters. The number of carboxylic acid groups (broad SMARTS) is 1. The molecule has 110 valence electrons. The first-order valence-electron chi connectivity index (χ1n) is 7.16. The van der Waals surface area contributed by atoms with Gasteiger partial charge in [-0.25, -0.2) is 4.79 Å². The Hall–Kier alpha value is -1.65. The second-order valence-corrected chi connectivity index (χ2v) is 6.01. The number of carbonyl (C=O) groups is 1. The van der Waals surface area contributed by atoms with Crippen LogP contribution in [0.4, 0.5) is 0 Å². The molecule has 1 aliphatic rings. The molecule has 0 bridgehead atoms. The van der Waals surface area contributed by atoms with Crippen LogP contribution >= 0.6 is 0 Å². The number of hydrogen-bond donors (Lipinski definition) is 1. The van der Waals surface area contributed by atoms with Gasteiger partial charge in [0.05, 0.1) is 6.42 Å². The van der Waals surface area contributed by atoms with E-state index in [1.807, 2.05) is 6.92 Å². The zero-order chi connectivity index (χ0) is 14.9. The van der Waals surface area contributed by atoms with Crippen molar-refractivity contribution in [1.82, 2.24) is 9.55 Å². The van der Waals surface area contributed by atoms with Crippen LogP contribution in [0, 0.1) is 13.8 Å². The molecule has 1 saturated carbocycles.